The first-order valence-corrected chi connectivity index (χ1v) is 10.0. The molecule has 1 aromatic heterocycles. The number of ether oxygens (including phenoxy) is 2. The third-order valence-corrected chi connectivity index (χ3v) is 4.91. The smallest absolute Gasteiger partial charge is 0.190 e. The number of guanidine groups is 1. The van der Waals surface area contributed by atoms with Crippen molar-refractivity contribution in [3.05, 3.63) is 36.5 Å². The SMILES string of the molecule is CN=C(NCCCOC1CCOCC1)NCCCn1ccc2ccccc21.I. The predicted molar refractivity (Wildman–Crippen MR) is 126 cm³/mol. The molecule has 2 N–H and O–H groups in total. The van der Waals surface area contributed by atoms with Crippen molar-refractivity contribution in [1.29, 1.82) is 0 Å². The number of halogens is 1. The Morgan fingerprint density at radius 2 is 1.89 bits per heavy atom. The minimum atomic E-state index is 0. The molecule has 0 radical (unpaired) electrons. The Labute approximate surface area is 185 Å². The summed E-state index contributed by atoms with van der Waals surface area (Å²) in [7, 11) is 1.81. The van der Waals surface area contributed by atoms with Gasteiger partial charge in [-0.05, 0) is 43.2 Å². The highest BCUT2D eigenvalue weighted by atomic mass is 127. The highest BCUT2D eigenvalue weighted by Gasteiger charge is 2.13. The van der Waals surface area contributed by atoms with Crippen LogP contribution in [-0.4, -0.2) is 56.6 Å². The van der Waals surface area contributed by atoms with Crippen LogP contribution in [0.25, 0.3) is 10.9 Å². The molecule has 156 valence electrons. The van der Waals surface area contributed by atoms with Crippen LogP contribution in [0.2, 0.25) is 0 Å². The lowest BCUT2D eigenvalue weighted by atomic mass is 10.1. The Hall–Kier alpha value is -1.32. The maximum Gasteiger partial charge on any atom is 0.190 e. The number of hydrogen-bond donors (Lipinski definition) is 2. The highest BCUT2D eigenvalue weighted by Crippen LogP contribution is 2.15. The van der Waals surface area contributed by atoms with Crippen molar-refractivity contribution in [2.45, 2.75) is 38.3 Å². The van der Waals surface area contributed by atoms with E-state index in [9.17, 15) is 0 Å². The zero-order valence-electron chi connectivity index (χ0n) is 16.7. The molecule has 1 aromatic carbocycles. The summed E-state index contributed by atoms with van der Waals surface area (Å²) in [5, 5.41) is 8.04. The molecule has 3 rings (SSSR count). The van der Waals surface area contributed by atoms with Gasteiger partial charge in [0.15, 0.2) is 5.96 Å². The van der Waals surface area contributed by atoms with E-state index >= 15 is 0 Å². The minimum Gasteiger partial charge on any atom is -0.381 e. The molecule has 0 amide bonds. The molecule has 0 unspecified atom stereocenters. The number of para-hydroxylation sites is 1. The van der Waals surface area contributed by atoms with E-state index in [1.165, 1.54) is 10.9 Å². The molecule has 7 heteroatoms. The summed E-state index contributed by atoms with van der Waals surface area (Å²) < 4.78 is 13.5. The Kier molecular flexibility index (Phi) is 10.7. The van der Waals surface area contributed by atoms with Gasteiger partial charge in [-0.15, -0.1) is 24.0 Å². The predicted octanol–water partition coefficient (Wildman–Crippen LogP) is 3.40. The van der Waals surface area contributed by atoms with Crippen molar-refractivity contribution in [2.75, 3.05) is 40.0 Å². The molecule has 0 spiro atoms. The zero-order valence-corrected chi connectivity index (χ0v) is 19.1. The number of aliphatic imine (C=N–C) groups is 1. The standard InChI is InChI=1S/C21H32N4O2.HI/c1-22-21(24-12-5-15-27-19-9-16-26-17-10-19)23-11-4-13-25-14-8-18-6-2-3-7-20(18)25;/h2-3,6-8,14,19H,4-5,9-13,15-17H2,1H3,(H2,22,23,24);1H. The van der Waals surface area contributed by atoms with Crippen molar-refractivity contribution in [3.63, 3.8) is 0 Å². The molecule has 1 saturated heterocycles. The molecule has 1 aliphatic rings. The van der Waals surface area contributed by atoms with Crippen molar-refractivity contribution < 1.29 is 9.47 Å². The van der Waals surface area contributed by atoms with Crippen LogP contribution in [0.5, 0.6) is 0 Å². The normalized spacial score (nSPS) is 15.4. The van der Waals surface area contributed by atoms with Crippen LogP contribution in [0.15, 0.2) is 41.5 Å². The van der Waals surface area contributed by atoms with Gasteiger partial charge in [-0.3, -0.25) is 4.99 Å². The van der Waals surface area contributed by atoms with E-state index in [0.717, 1.165) is 71.1 Å². The first kappa shape index (κ1) is 23.0. The molecule has 2 heterocycles. The second-order valence-electron chi connectivity index (χ2n) is 6.88. The third kappa shape index (κ3) is 7.25. The average Bonchev–Trinajstić information content (AvgIpc) is 3.13. The second kappa shape index (κ2) is 13.0. The maximum absolute atomic E-state index is 5.89. The van der Waals surface area contributed by atoms with Gasteiger partial charge in [-0.25, -0.2) is 0 Å². The van der Waals surface area contributed by atoms with Crippen LogP contribution >= 0.6 is 24.0 Å². The van der Waals surface area contributed by atoms with Crippen molar-refractivity contribution >= 4 is 40.8 Å². The van der Waals surface area contributed by atoms with E-state index in [1.54, 1.807) is 0 Å². The molecule has 28 heavy (non-hydrogen) atoms. The molecule has 1 aliphatic heterocycles. The van der Waals surface area contributed by atoms with Crippen molar-refractivity contribution in [3.8, 4) is 0 Å². The summed E-state index contributed by atoms with van der Waals surface area (Å²) in [6.45, 7) is 5.21. The minimum absolute atomic E-state index is 0. The van der Waals surface area contributed by atoms with Crippen molar-refractivity contribution in [2.24, 2.45) is 4.99 Å². The van der Waals surface area contributed by atoms with Crippen LogP contribution in [-0.2, 0) is 16.0 Å². The van der Waals surface area contributed by atoms with Gasteiger partial charge in [0, 0.05) is 58.2 Å². The summed E-state index contributed by atoms with van der Waals surface area (Å²) in [5.74, 6) is 0.860. The molecule has 0 atom stereocenters. The van der Waals surface area contributed by atoms with Crippen LogP contribution in [0.1, 0.15) is 25.7 Å². The van der Waals surface area contributed by atoms with Gasteiger partial charge in [0.05, 0.1) is 6.10 Å². The molecule has 0 saturated carbocycles. The molecule has 1 fully saturated rings. The Balaban J connectivity index is 0.00000280. The molecule has 0 bridgehead atoms. The fourth-order valence-corrected chi connectivity index (χ4v) is 3.38. The lowest BCUT2D eigenvalue weighted by Crippen LogP contribution is -2.38. The van der Waals surface area contributed by atoms with E-state index < -0.39 is 0 Å². The molecular formula is C21H33IN4O2. The van der Waals surface area contributed by atoms with Crippen LogP contribution < -0.4 is 10.6 Å². The second-order valence-corrected chi connectivity index (χ2v) is 6.88. The molecule has 2 aromatic rings. The zero-order chi connectivity index (χ0) is 18.7. The number of nitrogens with zero attached hydrogens (tertiary/aromatic N) is 2. The van der Waals surface area contributed by atoms with Crippen LogP contribution in [0.4, 0.5) is 0 Å². The van der Waals surface area contributed by atoms with Gasteiger partial charge in [0.2, 0.25) is 0 Å². The first-order chi connectivity index (χ1) is 13.4. The fourth-order valence-electron chi connectivity index (χ4n) is 3.38. The number of hydrogen-bond acceptors (Lipinski definition) is 3. The maximum atomic E-state index is 5.89. The monoisotopic (exact) mass is 500 g/mol. The first-order valence-electron chi connectivity index (χ1n) is 10.0. The number of fused-ring (bicyclic) bond motifs is 1. The molecule has 0 aliphatic carbocycles. The van der Waals surface area contributed by atoms with Gasteiger partial charge in [0.1, 0.15) is 0 Å². The Morgan fingerprint density at radius 1 is 1.14 bits per heavy atom. The quantitative estimate of drug-likeness (QED) is 0.240. The number of aryl methyl sites for hydroxylation is 1. The van der Waals surface area contributed by atoms with Gasteiger partial charge in [-0.2, -0.15) is 0 Å². The van der Waals surface area contributed by atoms with Crippen molar-refractivity contribution in [1.82, 2.24) is 15.2 Å². The highest BCUT2D eigenvalue weighted by molar-refractivity contribution is 14.0. The molecule has 6 nitrogen and oxygen atoms in total. The fraction of sp³-hybridized carbons (Fsp3) is 0.571. The largest absolute Gasteiger partial charge is 0.381 e. The summed E-state index contributed by atoms with van der Waals surface area (Å²) >= 11 is 0. The third-order valence-electron chi connectivity index (χ3n) is 4.91. The van der Waals surface area contributed by atoms with Crippen LogP contribution in [0, 0.1) is 0 Å². The van der Waals surface area contributed by atoms with E-state index in [0.29, 0.717) is 6.10 Å². The Bertz CT molecular complexity index is 713. The summed E-state index contributed by atoms with van der Waals surface area (Å²) in [6.07, 6.45) is 6.61. The number of aromatic nitrogens is 1. The summed E-state index contributed by atoms with van der Waals surface area (Å²) in [6, 6.07) is 10.7. The van der Waals surface area contributed by atoms with E-state index in [4.69, 9.17) is 9.47 Å². The van der Waals surface area contributed by atoms with Gasteiger partial charge < -0.3 is 24.7 Å². The van der Waals surface area contributed by atoms with E-state index in [-0.39, 0.29) is 24.0 Å². The summed E-state index contributed by atoms with van der Waals surface area (Å²) in [4.78, 5) is 4.29. The number of rotatable bonds is 9. The number of benzene rings is 1. The van der Waals surface area contributed by atoms with Gasteiger partial charge in [-0.1, -0.05) is 18.2 Å². The van der Waals surface area contributed by atoms with Gasteiger partial charge in [0.25, 0.3) is 0 Å². The topological polar surface area (TPSA) is 59.8 Å². The lowest BCUT2D eigenvalue weighted by molar-refractivity contribution is -0.0320. The molecular weight excluding hydrogens is 467 g/mol. The van der Waals surface area contributed by atoms with Gasteiger partial charge >= 0.3 is 0 Å². The van der Waals surface area contributed by atoms with E-state index in [2.05, 4.69) is 56.7 Å². The van der Waals surface area contributed by atoms with E-state index in [1.807, 2.05) is 7.05 Å². The average molecular weight is 500 g/mol. The number of nitrogens with one attached hydrogen (secondary N) is 2. The van der Waals surface area contributed by atoms with Crippen LogP contribution in [0.3, 0.4) is 0 Å². The summed E-state index contributed by atoms with van der Waals surface area (Å²) in [5.41, 5.74) is 1.30. The Morgan fingerprint density at radius 3 is 2.68 bits per heavy atom. The lowest BCUT2D eigenvalue weighted by Gasteiger charge is -2.22.